The van der Waals surface area contributed by atoms with Gasteiger partial charge in [0.05, 0.1) is 5.56 Å². The van der Waals surface area contributed by atoms with Crippen LogP contribution in [-0.2, 0) is 6.42 Å². The molecular weight excluding hydrogens is 344 g/mol. The number of hydrogen-bond acceptors (Lipinski definition) is 4. The Kier molecular flexibility index (Phi) is 6.84. The van der Waals surface area contributed by atoms with E-state index in [1.807, 2.05) is 12.3 Å². The van der Waals surface area contributed by atoms with Gasteiger partial charge in [-0.3, -0.25) is 9.69 Å². The van der Waals surface area contributed by atoms with Crippen LogP contribution in [0.3, 0.4) is 0 Å². The predicted octanol–water partition coefficient (Wildman–Crippen LogP) is 3.37. The summed E-state index contributed by atoms with van der Waals surface area (Å²) in [6, 6.07) is 4.58. The summed E-state index contributed by atoms with van der Waals surface area (Å²) in [6.45, 7) is 7.16. The van der Waals surface area contributed by atoms with E-state index in [1.165, 1.54) is 12.8 Å². The molecule has 0 aliphatic carbocycles. The molecule has 0 bridgehead atoms. The fraction of sp³-hybridized carbons (Fsp3) is 0.611. The van der Waals surface area contributed by atoms with E-state index >= 15 is 0 Å². The normalized spacial score (nSPS) is 22.6. The summed E-state index contributed by atoms with van der Waals surface area (Å²) in [5.74, 6) is 0.778. The number of halogens is 1. The molecule has 1 fully saturated rings. The lowest BCUT2D eigenvalue weighted by Gasteiger charge is -2.23. The van der Waals surface area contributed by atoms with E-state index in [2.05, 4.69) is 30.1 Å². The van der Waals surface area contributed by atoms with Gasteiger partial charge in [0.25, 0.3) is 5.91 Å². The first kappa shape index (κ1) is 19.4. The SMILES string of the molecule is CCN1CCCC1CNC(=O)c1cc(SC)cc2c1OC(C)C2.Cl. The molecule has 0 spiro atoms. The molecule has 1 saturated heterocycles. The van der Waals surface area contributed by atoms with E-state index in [0.717, 1.165) is 42.3 Å². The number of rotatable bonds is 5. The Morgan fingerprint density at radius 1 is 1.46 bits per heavy atom. The average Bonchev–Trinajstić information content (AvgIpc) is 3.15. The number of fused-ring (bicyclic) bond motifs is 1. The quantitative estimate of drug-likeness (QED) is 0.807. The van der Waals surface area contributed by atoms with Crippen molar-refractivity contribution in [3.63, 3.8) is 0 Å². The summed E-state index contributed by atoms with van der Waals surface area (Å²) in [5, 5.41) is 3.13. The van der Waals surface area contributed by atoms with Crippen molar-refractivity contribution in [3.8, 4) is 5.75 Å². The van der Waals surface area contributed by atoms with Gasteiger partial charge in [0.1, 0.15) is 11.9 Å². The monoisotopic (exact) mass is 370 g/mol. The molecule has 3 rings (SSSR count). The third-order valence-corrected chi connectivity index (χ3v) is 5.56. The maximum atomic E-state index is 12.7. The van der Waals surface area contributed by atoms with Gasteiger partial charge in [0.2, 0.25) is 0 Å². The Morgan fingerprint density at radius 3 is 2.96 bits per heavy atom. The van der Waals surface area contributed by atoms with E-state index in [4.69, 9.17) is 4.74 Å². The van der Waals surface area contributed by atoms with Crippen molar-refractivity contribution < 1.29 is 9.53 Å². The smallest absolute Gasteiger partial charge is 0.255 e. The van der Waals surface area contributed by atoms with Gasteiger partial charge >= 0.3 is 0 Å². The van der Waals surface area contributed by atoms with E-state index in [-0.39, 0.29) is 24.4 Å². The van der Waals surface area contributed by atoms with Crippen molar-refractivity contribution >= 4 is 30.1 Å². The molecule has 1 amide bonds. The van der Waals surface area contributed by atoms with Crippen LogP contribution in [0, 0.1) is 0 Å². The van der Waals surface area contributed by atoms with E-state index < -0.39 is 0 Å². The van der Waals surface area contributed by atoms with Gasteiger partial charge in [-0.05, 0) is 56.8 Å². The molecule has 2 heterocycles. The third-order valence-electron chi connectivity index (χ3n) is 4.85. The third kappa shape index (κ3) is 4.01. The Labute approximate surface area is 155 Å². The molecule has 1 N–H and O–H groups in total. The Balaban J connectivity index is 0.00000208. The fourth-order valence-corrected chi connectivity index (χ4v) is 4.13. The number of nitrogens with one attached hydrogen (secondary N) is 1. The van der Waals surface area contributed by atoms with Crippen molar-refractivity contribution in [2.24, 2.45) is 0 Å². The van der Waals surface area contributed by atoms with Crippen molar-refractivity contribution in [2.75, 3.05) is 25.9 Å². The van der Waals surface area contributed by atoms with Gasteiger partial charge in [-0.15, -0.1) is 24.2 Å². The first-order valence-electron chi connectivity index (χ1n) is 8.52. The van der Waals surface area contributed by atoms with Gasteiger partial charge in [-0.1, -0.05) is 6.92 Å². The van der Waals surface area contributed by atoms with Crippen molar-refractivity contribution in [1.82, 2.24) is 10.2 Å². The van der Waals surface area contributed by atoms with Crippen LogP contribution in [0.25, 0.3) is 0 Å². The van der Waals surface area contributed by atoms with Crippen LogP contribution in [0.4, 0.5) is 0 Å². The highest BCUT2D eigenvalue weighted by molar-refractivity contribution is 7.98. The highest BCUT2D eigenvalue weighted by Gasteiger charge is 2.28. The van der Waals surface area contributed by atoms with E-state index in [9.17, 15) is 4.79 Å². The van der Waals surface area contributed by atoms with Crippen LogP contribution in [0.2, 0.25) is 0 Å². The molecule has 2 aliphatic rings. The molecule has 0 saturated carbocycles. The second-order valence-corrected chi connectivity index (χ2v) is 7.31. The molecule has 1 aromatic rings. The largest absolute Gasteiger partial charge is 0.489 e. The van der Waals surface area contributed by atoms with Gasteiger partial charge in [0.15, 0.2) is 0 Å². The van der Waals surface area contributed by atoms with Crippen molar-refractivity contribution in [1.29, 1.82) is 0 Å². The first-order chi connectivity index (χ1) is 11.1. The molecular formula is C18H27ClN2O2S. The number of thioether (sulfide) groups is 1. The van der Waals surface area contributed by atoms with Gasteiger partial charge in [-0.2, -0.15) is 0 Å². The predicted molar refractivity (Wildman–Crippen MR) is 102 cm³/mol. The highest BCUT2D eigenvalue weighted by atomic mass is 35.5. The Morgan fingerprint density at radius 2 is 2.25 bits per heavy atom. The summed E-state index contributed by atoms with van der Waals surface area (Å²) in [7, 11) is 0. The van der Waals surface area contributed by atoms with Crippen LogP contribution in [0.5, 0.6) is 5.75 Å². The van der Waals surface area contributed by atoms with Crippen molar-refractivity contribution in [3.05, 3.63) is 23.3 Å². The molecule has 24 heavy (non-hydrogen) atoms. The zero-order valence-corrected chi connectivity index (χ0v) is 16.3. The van der Waals surface area contributed by atoms with Crippen LogP contribution in [0.1, 0.15) is 42.6 Å². The maximum absolute atomic E-state index is 12.7. The Hall–Kier alpha value is -0.910. The van der Waals surface area contributed by atoms with Crippen LogP contribution in [0.15, 0.2) is 17.0 Å². The molecule has 2 atom stereocenters. The summed E-state index contributed by atoms with van der Waals surface area (Å²) in [4.78, 5) is 16.3. The molecule has 4 nitrogen and oxygen atoms in total. The minimum atomic E-state index is -0.00537. The Bertz CT molecular complexity index is 597. The lowest BCUT2D eigenvalue weighted by atomic mass is 10.1. The minimum absolute atomic E-state index is 0. The molecule has 6 heteroatoms. The topological polar surface area (TPSA) is 41.6 Å². The average molecular weight is 371 g/mol. The molecule has 2 aliphatic heterocycles. The van der Waals surface area contributed by atoms with Crippen molar-refractivity contribution in [2.45, 2.75) is 50.2 Å². The number of likely N-dealkylation sites (N-methyl/N-ethyl adjacent to an activating group) is 1. The second-order valence-electron chi connectivity index (χ2n) is 6.43. The lowest BCUT2D eigenvalue weighted by molar-refractivity contribution is 0.0936. The molecule has 2 unspecified atom stereocenters. The molecule has 0 aromatic heterocycles. The second kappa shape index (κ2) is 8.45. The van der Waals surface area contributed by atoms with Gasteiger partial charge in [-0.25, -0.2) is 0 Å². The minimum Gasteiger partial charge on any atom is -0.489 e. The lowest BCUT2D eigenvalue weighted by Crippen LogP contribution is -2.40. The van der Waals surface area contributed by atoms with Gasteiger partial charge in [0, 0.05) is 23.9 Å². The highest BCUT2D eigenvalue weighted by Crippen LogP contribution is 2.36. The number of likely N-dealkylation sites (tertiary alicyclic amines) is 1. The summed E-state index contributed by atoms with van der Waals surface area (Å²) in [5.41, 5.74) is 1.85. The number of carbonyl (C=O) groups excluding carboxylic acids is 1. The van der Waals surface area contributed by atoms with E-state index in [0.29, 0.717) is 11.6 Å². The number of benzene rings is 1. The zero-order valence-electron chi connectivity index (χ0n) is 14.6. The number of amides is 1. The number of hydrogen-bond donors (Lipinski definition) is 1. The zero-order chi connectivity index (χ0) is 16.4. The first-order valence-corrected chi connectivity index (χ1v) is 9.74. The number of carbonyl (C=O) groups is 1. The molecule has 1 aromatic carbocycles. The standard InChI is InChI=1S/C18H26N2O2S.ClH/c1-4-20-7-5-6-14(20)11-19-18(21)16-10-15(23-3)9-13-8-12(2)22-17(13)16;/h9-10,12,14H,4-8,11H2,1-3H3,(H,19,21);1H. The molecule has 134 valence electrons. The summed E-state index contributed by atoms with van der Waals surface area (Å²) >= 11 is 1.67. The van der Waals surface area contributed by atoms with Crippen LogP contribution in [-0.4, -0.2) is 48.8 Å². The van der Waals surface area contributed by atoms with Gasteiger partial charge < -0.3 is 10.1 Å². The van der Waals surface area contributed by atoms with Crippen LogP contribution >= 0.6 is 24.2 Å². The fourth-order valence-electron chi connectivity index (χ4n) is 3.64. The molecule has 0 radical (unpaired) electrons. The summed E-state index contributed by atoms with van der Waals surface area (Å²) in [6.07, 6.45) is 5.48. The van der Waals surface area contributed by atoms with E-state index in [1.54, 1.807) is 11.8 Å². The number of ether oxygens (including phenoxy) is 1. The number of nitrogens with zero attached hydrogens (tertiary/aromatic N) is 1. The van der Waals surface area contributed by atoms with Crippen LogP contribution < -0.4 is 10.1 Å². The summed E-state index contributed by atoms with van der Waals surface area (Å²) < 4.78 is 5.89. The maximum Gasteiger partial charge on any atom is 0.255 e.